The van der Waals surface area contributed by atoms with Crippen molar-refractivity contribution in [1.29, 1.82) is 0 Å². The number of nitrogens with zero attached hydrogens (tertiary/aromatic N) is 2. The lowest BCUT2D eigenvalue weighted by molar-refractivity contribution is 0.706. The number of hydrogen-bond donors (Lipinski definition) is 2. The molecule has 4 rings (SSSR count). The van der Waals surface area contributed by atoms with Crippen molar-refractivity contribution in [3.8, 4) is 0 Å². The van der Waals surface area contributed by atoms with E-state index in [9.17, 15) is 0 Å². The molecule has 4 N–H and O–H groups in total. The fourth-order valence-corrected chi connectivity index (χ4v) is 3.12. The minimum atomic E-state index is 0. The van der Waals surface area contributed by atoms with Crippen LogP contribution in [0.4, 0.5) is 0 Å². The third-order valence-electron chi connectivity index (χ3n) is 4.77. The molecule has 0 aliphatic carbocycles. The van der Waals surface area contributed by atoms with Crippen molar-refractivity contribution in [2.24, 2.45) is 11.5 Å². The van der Waals surface area contributed by atoms with Crippen LogP contribution >= 0.6 is 24.8 Å². The summed E-state index contributed by atoms with van der Waals surface area (Å²) in [6.45, 7) is 0. The average molecular weight is 469 g/mol. The Morgan fingerprint density at radius 1 is 0.500 bits per heavy atom. The highest BCUT2D eigenvalue weighted by molar-refractivity contribution is 5.85. The molecule has 0 aliphatic rings. The van der Waals surface area contributed by atoms with Gasteiger partial charge in [-0.05, 0) is 35.4 Å². The van der Waals surface area contributed by atoms with Gasteiger partial charge in [-0.25, -0.2) is 0 Å². The lowest BCUT2D eigenvalue weighted by Gasteiger charge is -2.10. The van der Waals surface area contributed by atoms with Gasteiger partial charge in [0.25, 0.3) is 0 Å². The zero-order chi connectivity index (χ0) is 21.0. The lowest BCUT2D eigenvalue weighted by Crippen LogP contribution is -2.13. The fourth-order valence-electron chi connectivity index (χ4n) is 3.12. The van der Waals surface area contributed by atoms with Gasteiger partial charge in [0.2, 0.25) is 0 Å². The summed E-state index contributed by atoms with van der Waals surface area (Å²) < 4.78 is 0. The predicted octanol–water partition coefficient (Wildman–Crippen LogP) is 5.49. The van der Waals surface area contributed by atoms with Crippen LogP contribution in [0, 0.1) is 0 Å². The van der Waals surface area contributed by atoms with E-state index in [1.54, 1.807) is 12.4 Å². The summed E-state index contributed by atoms with van der Waals surface area (Å²) in [7, 11) is 0. The number of rotatable bonds is 6. The van der Waals surface area contributed by atoms with Crippen molar-refractivity contribution in [2.75, 3.05) is 0 Å². The van der Waals surface area contributed by atoms with Crippen molar-refractivity contribution in [1.82, 2.24) is 9.97 Å². The van der Waals surface area contributed by atoms with Crippen molar-refractivity contribution in [3.63, 3.8) is 0 Å². The molecule has 2 heterocycles. The molecule has 0 saturated heterocycles. The Kier molecular flexibility index (Phi) is 12.9. The van der Waals surface area contributed by atoms with E-state index >= 15 is 0 Å². The Morgan fingerprint density at radius 2 is 0.844 bits per heavy atom. The van der Waals surface area contributed by atoms with E-state index in [0.29, 0.717) is 0 Å². The zero-order valence-corrected chi connectivity index (χ0v) is 19.5. The van der Waals surface area contributed by atoms with Crippen LogP contribution in [0.3, 0.4) is 0 Å². The molecule has 0 aliphatic heterocycles. The highest BCUT2D eigenvalue weighted by Crippen LogP contribution is 2.14. The van der Waals surface area contributed by atoms with Crippen LogP contribution in [0.15, 0.2) is 109 Å². The second kappa shape index (κ2) is 15.1. The second-order valence-electron chi connectivity index (χ2n) is 7.08. The van der Waals surface area contributed by atoms with Crippen LogP contribution in [-0.2, 0) is 12.8 Å². The summed E-state index contributed by atoms with van der Waals surface area (Å²) in [6, 6.07) is 32.1. The van der Waals surface area contributed by atoms with Crippen LogP contribution in [0.1, 0.15) is 34.6 Å². The molecule has 2 atom stereocenters. The zero-order valence-electron chi connectivity index (χ0n) is 17.8. The first-order valence-electron chi connectivity index (χ1n) is 10.1. The van der Waals surface area contributed by atoms with E-state index in [-0.39, 0.29) is 36.9 Å². The van der Waals surface area contributed by atoms with Gasteiger partial charge >= 0.3 is 0 Å². The van der Waals surface area contributed by atoms with Crippen LogP contribution in [0.5, 0.6) is 0 Å². The molecule has 0 saturated carbocycles. The minimum Gasteiger partial charge on any atom is -0.324 e. The normalized spacial score (nSPS) is 11.6. The van der Waals surface area contributed by atoms with Gasteiger partial charge in [0.05, 0.1) is 0 Å². The molecule has 2 aromatic carbocycles. The Morgan fingerprint density at radius 3 is 1.16 bits per heavy atom. The second-order valence-corrected chi connectivity index (χ2v) is 7.08. The van der Waals surface area contributed by atoms with Crippen LogP contribution in [0.25, 0.3) is 0 Å². The van der Waals surface area contributed by atoms with E-state index in [4.69, 9.17) is 11.5 Å². The molecule has 0 radical (unpaired) electrons. The molecule has 32 heavy (non-hydrogen) atoms. The predicted molar refractivity (Wildman–Crippen MR) is 137 cm³/mol. The van der Waals surface area contributed by atoms with Gasteiger partial charge < -0.3 is 11.5 Å². The number of nitrogens with two attached hydrogens (primary N) is 2. The quantitative estimate of drug-likeness (QED) is 0.391. The van der Waals surface area contributed by atoms with Crippen molar-refractivity contribution < 1.29 is 0 Å². The molecule has 168 valence electrons. The fraction of sp³-hybridized carbons (Fsp3) is 0.154. The molecular formula is C26H30Cl2N4. The van der Waals surface area contributed by atoms with Crippen molar-refractivity contribution in [2.45, 2.75) is 24.9 Å². The van der Waals surface area contributed by atoms with E-state index < -0.39 is 0 Å². The van der Waals surface area contributed by atoms with Gasteiger partial charge in [0.15, 0.2) is 0 Å². The lowest BCUT2D eigenvalue weighted by atomic mass is 10.0. The van der Waals surface area contributed by atoms with Crippen LogP contribution in [0.2, 0.25) is 0 Å². The molecule has 0 spiro atoms. The first-order chi connectivity index (χ1) is 14.7. The van der Waals surface area contributed by atoms with Crippen molar-refractivity contribution in [3.05, 3.63) is 132 Å². The molecule has 0 unspecified atom stereocenters. The highest BCUT2D eigenvalue weighted by Gasteiger charge is 2.07. The largest absolute Gasteiger partial charge is 0.324 e. The number of aromatic nitrogens is 2. The molecule has 6 heteroatoms. The van der Waals surface area contributed by atoms with Gasteiger partial charge in [-0.1, -0.05) is 72.8 Å². The van der Waals surface area contributed by atoms with E-state index in [0.717, 1.165) is 35.4 Å². The Labute approximate surface area is 202 Å². The maximum atomic E-state index is 6.09. The average Bonchev–Trinajstić information content (AvgIpc) is 2.82. The van der Waals surface area contributed by atoms with Gasteiger partial charge in [0.1, 0.15) is 0 Å². The molecule has 4 nitrogen and oxygen atoms in total. The van der Waals surface area contributed by atoms with Gasteiger partial charge in [-0.2, -0.15) is 0 Å². The number of halogens is 2. The maximum Gasteiger partial charge on any atom is 0.0422 e. The molecular weight excluding hydrogens is 439 g/mol. The van der Waals surface area contributed by atoms with Crippen LogP contribution in [-0.4, -0.2) is 9.97 Å². The van der Waals surface area contributed by atoms with E-state index in [1.165, 1.54) is 0 Å². The minimum absolute atomic E-state index is 0. The highest BCUT2D eigenvalue weighted by atomic mass is 35.5. The number of benzene rings is 2. The summed E-state index contributed by atoms with van der Waals surface area (Å²) in [4.78, 5) is 8.53. The monoisotopic (exact) mass is 468 g/mol. The summed E-state index contributed by atoms with van der Waals surface area (Å²) in [6.07, 6.45) is 5.16. The first-order valence-corrected chi connectivity index (χ1v) is 10.1. The third kappa shape index (κ3) is 9.16. The summed E-state index contributed by atoms with van der Waals surface area (Å²) in [5.41, 5.74) is 16.6. The van der Waals surface area contributed by atoms with Gasteiger partial charge in [-0.15, -0.1) is 24.8 Å². The third-order valence-corrected chi connectivity index (χ3v) is 4.77. The first kappa shape index (κ1) is 27.3. The number of hydrogen-bond acceptors (Lipinski definition) is 4. The Bertz CT molecular complexity index is 889. The summed E-state index contributed by atoms with van der Waals surface area (Å²) >= 11 is 0. The number of pyridine rings is 2. The molecule has 2 aromatic heterocycles. The van der Waals surface area contributed by atoms with E-state index in [1.807, 2.05) is 97.1 Å². The molecule has 0 fully saturated rings. The summed E-state index contributed by atoms with van der Waals surface area (Å²) in [5, 5.41) is 0. The molecule has 0 bridgehead atoms. The smallest absolute Gasteiger partial charge is 0.0422 e. The van der Waals surface area contributed by atoms with Gasteiger partial charge in [0, 0.05) is 48.7 Å². The van der Waals surface area contributed by atoms with E-state index in [2.05, 4.69) is 9.97 Å². The summed E-state index contributed by atoms with van der Waals surface area (Å²) in [5.74, 6) is 0. The SMILES string of the molecule is Cl.Cl.N[C@@H](Cc1ccccn1)c1ccccc1.N[C@@H](Cc1ccccn1)c1ccccc1. The Hall–Kier alpha value is -2.76. The maximum absolute atomic E-state index is 6.09. The standard InChI is InChI=1S/2C13H14N2.2ClH/c2*14-13(11-6-2-1-3-7-11)10-12-8-4-5-9-15-12;;/h2*1-9,13H,10,14H2;2*1H/t2*13-;;/m00../s1. The van der Waals surface area contributed by atoms with Gasteiger partial charge in [-0.3, -0.25) is 9.97 Å². The van der Waals surface area contributed by atoms with Crippen molar-refractivity contribution >= 4 is 24.8 Å². The molecule has 0 amide bonds. The Balaban J connectivity index is 0.000000301. The topological polar surface area (TPSA) is 77.8 Å². The van der Waals surface area contributed by atoms with Crippen LogP contribution < -0.4 is 11.5 Å². The molecule has 4 aromatic rings.